The minimum atomic E-state index is 0.449. The first-order chi connectivity index (χ1) is 9.93. The average molecular weight is 267 g/mol. The van der Waals surface area contributed by atoms with Crippen LogP contribution in [-0.4, -0.2) is 18.1 Å². The Morgan fingerprint density at radius 2 is 2.05 bits per heavy atom. The Kier molecular flexibility index (Phi) is 4.28. The van der Waals surface area contributed by atoms with Crippen molar-refractivity contribution in [2.45, 2.75) is 25.3 Å². The Balaban J connectivity index is 1.62. The first kappa shape index (κ1) is 13.1. The van der Waals surface area contributed by atoms with Gasteiger partial charge in [-0.3, -0.25) is 4.98 Å². The van der Waals surface area contributed by atoms with Crippen molar-refractivity contribution in [1.82, 2.24) is 10.3 Å². The van der Waals surface area contributed by atoms with Gasteiger partial charge in [0.25, 0.3) is 0 Å². The second kappa shape index (κ2) is 6.53. The number of hydrogen-bond acceptors (Lipinski definition) is 3. The van der Waals surface area contributed by atoms with Crippen molar-refractivity contribution in [3.8, 4) is 0 Å². The SMILES string of the molecule is c1ccc(CCNC2CCCNc3ccccc32)nc1. The molecule has 104 valence electrons. The molecule has 1 aliphatic heterocycles. The molecule has 1 atom stereocenters. The molecule has 0 radical (unpaired) electrons. The van der Waals surface area contributed by atoms with Crippen molar-refractivity contribution in [1.29, 1.82) is 0 Å². The van der Waals surface area contributed by atoms with E-state index >= 15 is 0 Å². The lowest BCUT2D eigenvalue weighted by molar-refractivity contribution is 0.500. The smallest absolute Gasteiger partial charge is 0.0416 e. The van der Waals surface area contributed by atoms with E-state index in [4.69, 9.17) is 0 Å². The zero-order chi connectivity index (χ0) is 13.6. The molecule has 3 rings (SSSR count). The van der Waals surface area contributed by atoms with Crippen LogP contribution in [0.15, 0.2) is 48.7 Å². The first-order valence-corrected chi connectivity index (χ1v) is 7.39. The molecule has 2 aromatic rings. The van der Waals surface area contributed by atoms with E-state index in [0.29, 0.717) is 6.04 Å². The predicted molar refractivity (Wildman–Crippen MR) is 82.9 cm³/mol. The fraction of sp³-hybridized carbons (Fsp3) is 0.353. The molecule has 0 spiro atoms. The summed E-state index contributed by atoms with van der Waals surface area (Å²) in [5, 5.41) is 7.20. The minimum absolute atomic E-state index is 0.449. The lowest BCUT2D eigenvalue weighted by Gasteiger charge is -2.19. The van der Waals surface area contributed by atoms with Crippen LogP contribution in [0.5, 0.6) is 0 Å². The molecule has 1 aliphatic rings. The Morgan fingerprint density at radius 1 is 1.15 bits per heavy atom. The third kappa shape index (κ3) is 3.17. The molecule has 0 saturated carbocycles. The van der Waals surface area contributed by atoms with Gasteiger partial charge in [0.1, 0.15) is 0 Å². The summed E-state index contributed by atoms with van der Waals surface area (Å²) in [5.74, 6) is 0. The summed E-state index contributed by atoms with van der Waals surface area (Å²) < 4.78 is 0. The summed E-state index contributed by atoms with van der Waals surface area (Å²) in [6, 6.07) is 15.2. The van der Waals surface area contributed by atoms with Gasteiger partial charge in [0.05, 0.1) is 0 Å². The van der Waals surface area contributed by atoms with Gasteiger partial charge < -0.3 is 10.6 Å². The number of hydrogen-bond donors (Lipinski definition) is 2. The maximum atomic E-state index is 4.37. The van der Waals surface area contributed by atoms with Gasteiger partial charge in [0.15, 0.2) is 0 Å². The van der Waals surface area contributed by atoms with Gasteiger partial charge >= 0.3 is 0 Å². The molecular weight excluding hydrogens is 246 g/mol. The van der Waals surface area contributed by atoms with E-state index in [9.17, 15) is 0 Å². The van der Waals surface area contributed by atoms with Crippen molar-refractivity contribution in [3.63, 3.8) is 0 Å². The lowest BCUT2D eigenvalue weighted by atomic mass is 10.0. The number of fused-ring (bicyclic) bond motifs is 1. The second-order valence-corrected chi connectivity index (χ2v) is 5.23. The van der Waals surface area contributed by atoms with Gasteiger partial charge in [-0.1, -0.05) is 24.3 Å². The van der Waals surface area contributed by atoms with Crippen LogP contribution < -0.4 is 10.6 Å². The number of aromatic nitrogens is 1. The van der Waals surface area contributed by atoms with Gasteiger partial charge in [-0.2, -0.15) is 0 Å². The number of anilines is 1. The van der Waals surface area contributed by atoms with Crippen LogP contribution in [0.4, 0.5) is 5.69 Å². The quantitative estimate of drug-likeness (QED) is 0.893. The minimum Gasteiger partial charge on any atom is -0.385 e. The van der Waals surface area contributed by atoms with E-state index < -0.39 is 0 Å². The molecule has 0 fully saturated rings. The molecule has 0 amide bonds. The molecule has 2 heterocycles. The lowest BCUT2D eigenvalue weighted by Crippen LogP contribution is -2.23. The Morgan fingerprint density at radius 3 is 2.95 bits per heavy atom. The fourth-order valence-corrected chi connectivity index (χ4v) is 2.78. The molecule has 3 heteroatoms. The topological polar surface area (TPSA) is 37.0 Å². The maximum absolute atomic E-state index is 4.37. The maximum Gasteiger partial charge on any atom is 0.0416 e. The summed E-state index contributed by atoms with van der Waals surface area (Å²) in [7, 11) is 0. The summed E-state index contributed by atoms with van der Waals surface area (Å²) >= 11 is 0. The summed E-state index contributed by atoms with van der Waals surface area (Å²) in [5.41, 5.74) is 3.83. The van der Waals surface area contributed by atoms with Gasteiger partial charge in [-0.15, -0.1) is 0 Å². The van der Waals surface area contributed by atoms with Crippen LogP contribution in [0.1, 0.15) is 30.1 Å². The van der Waals surface area contributed by atoms with Crippen LogP contribution >= 0.6 is 0 Å². The molecule has 1 aromatic carbocycles. The Hall–Kier alpha value is -1.87. The second-order valence-electron chi connectivity index (χ2n) is 5.23. The average Bonchev–Trinajstić information content (AvgIpc) is 2.71. The standard InChI is InChI=1S/C17H21N3/c1-2-8-16-15(7-1)17(9-5-12-19-16)20-13-10-14-6-3-4-11-18-14/h1-4,6-8,11,17,19-20H,5,9-10,12-13H2. The highest BCUT2D eigenvalue weighted by Crippen LogP contribution is 2.28. The number of nitrogens with zero attached hydrogens (tertiary/aromatic N) is 1. The molecule has 1 aromatic heterocycles. The van der Waals surface area contributed by atoms with Gasteiger partial charge in [0, 0.05) is 43.1 Å². The zero-order valence-electron chi connectivity index (χ0n) is 11.7. The van der Waals surface area contributed by atoms with Crippen molar-refractivity contribution in [3.05, 3.63) is 59.9 Å². The van der Waals surface area contributed by atoms with E-state index in [1.165, 1.54) is 24.1 Å². The van der Waals surface area contributed by atoms with E-state index in [1.54, 1.807) is 0 Å². The molecule has 0 saturated heterocycles. The third-order valence-corrected chi connectivity index (χ3v) is 3.82. The van der Waals surface area contributed by atoms with Crippen LogP contribution in [-0.2, 0) is 6.42 Å². The number of pyridine rings is 1. The van der Waals surface area contributed by atoms with Crippen molar-refractivity contribution in [2.24, 2.45) is 0 Å². The van der Waals surface area contributed by atoms with Crippen LogP contribution in [0.25, 0.3) is 0 Å². The van der Waals surface area contributed by atoms with E-state index in [0.717, 1.165) is 25.2 Å². The molecule has 1 unspecified atom stereocenters. The van der Waals surface area contributed by atoms with Crippen molar-refractivity contribution in [2.75, 3.05) is 18.4 Å². The number of rotatable bonds is 4. The number of nitrogens with one attached hydrogen (secondary N) is 2. The number of benzene rings is 1. The molecular formula is C17H21N3. The molecule has 3 nitrogen and oxygen atoms in total. The molecule has 20 heavy (non-hydrogen) atoms. The monoisotopic (exact) mass is 267 g/mol. The van der Waals surface area contributed by atoms with E-state index in [1.807, 2.05) is 18.3 Å². The summed E-state index contributed by atoms with van der Waals surface area (Å²) in [6.45, 7) is 2.03. The third-order valence-electron chi connectivity index (χ3n) is 3.82. The summed E-state index contributed by atoms with van der Waals surface area (Å²) in [4.78, 5) is 4.37. The van der Waals surface area contributed by atoms with Gasteiger partial charge in [0.2, 0.25) is 0 Å². The molecule has 2 N–H and O–H groups in total. The predicted octanol–water partition coefficient (Wildman–Crippen LogP) is 3.16. The Bertz CT molecular complexity index is 539. The zero-order valence-corrected chi connectivity index (χ0v) is 11.7. The normalized spacial score (nSPS) is 17.9. The number of para-hydroxylation sites is 1. The highest BCUT2D eigenvalue weighted by Gasteiger charge is 2.17. The van der Waals surface area contributed by atoms with Gasteiger partial charge in [-0.05, 0) is 36.6 Å². The highest BCUT2D eigenvalue weighted by atomic mass is 14.9. The van der Waals surface area contributed by atoms with Crippen molar-refractivity contribution >= 4 is 5.69 Å². The molecule has 0 bridgehead atoms. The van der Waals surface area contributed by atoms with E-state index in [-0.39, 0.29) is 0 Å². The Labute approximate surface area is 120 Å². The first-order valence-electron chi connectivity index (χ1n) is 7.39. The van der Waals surface area contributed by atoms with E-state index in [2.05, 4.69) is 45.9 Å². The van der Waals surface area contributed by atoms with Gasteiger partial charge in [-0.25, -0.2) is 0 Å². The largest absolute Gasteiger partial charge is 0.385 e. The fourth-order valence-electron chi connectivity index (χ4n) is 2.78. The summed E-state index contributed by atoms with van der Waals surface area (Å²) in [6.07, 6.45) is 5.23. The molecule has 0 aliphatic carbocycles. The highest BCUT2D eigenvalue weighted by molar-refractivity contribution is 5.53. The van der Waals surface area contributed by atoms with Crippen LogP contribution in [0, 0.1) is 0 Å². The van der Waals surface area contributed by atoms with Crippen LogP contribution in [0.3, 0.4) is 0 Å². The van der Waals surface area contributed by atoms with Crippen molar-refractivity contribution < 1.29 is 0 Å². The van der Waals surface area contributed by atoms with Crippen LogP contribution in [0.2, 0.25) is 0 Å².